The van der Waals surface area contributed by atoms with Crippen LogP contribution in [-0.4, -0.2) is 4.57 Å². The van der Waals surface area contributed by atoms with Gasteiger partial charge in [-0.05, 0) is 91.8 Å². The minimum absolute atomic E-state index is 0.513. The molecule has 1 atom stereocenters. The van der Waals surface area contributed by atoms with Crippen molar-refractivity contribution in [3.05, 3.63) is 216 Å². The number of hydrogen-bond donors (Lipinski definition) is 0. The average molecular weight is 673 g/mol. The van der Waals surface area contributed by atoms with Crippen molar-refractivity contribution >= 4 is 60.4 Å². The second-order valence-electron chi connectivity index (χ2n) is 14.5. The Bertz CT molecular complexity index is 3070. The van der Waals surface area contributed by atoms with Crippen molar-refractivity contribution in [1.82, 2.24) is 4.57 Å². The molecule has 53 heavy (non-hydrogen) atoms. The summed E-state index contributed by atoms with van der Waals surface area (Å²) in [5.74, 6) is 0. The summed E-state index contributed by atoms with van der Waals surface area (Å²) in [4.78, 5) is 2.49. The first-order valence-electron chi connectivity index (χ1n) is 18.4. The second kappa shape index (κ2) is 10.6. The van der Waals surface area contributed by atoms with Gasteiger partial charge in [-0.15, -0.1) is 0 Å². The summed E-state index contributed by atoms with van der Waals surface area (Å²) < 4.78 is 2.52. The molecule has 0 N–H and O–H groups in total. The van der Waals surface area contributed by atoms with Crippen LogP contribution in [0.3, 0.4) is 0 Å². The highest BCUT2D eigenvalue weighted by Gasteiger charge is 2.51. The van der Waals surface area contributed by atoms with E-state index in [0.29, 0.717) is 0 Å². The first-order chi connectivity index (χ1) is 26.3. The first-order valence-corrected chi connectivity index (χ1v) is 18.4. The lowest BCUT2D eigenvalue weighted by Crippen LogP contribution is -2.33. The molecular weight excluding hydrogens is 641 g/mol. The normalized spacial score (nSPS) is 15.2. The Balaban J connectivity index is 1.22. The van der Waals surface area contributed by atoms with Crippen molar-refractivity contribution in [3.63, 3.8) is 0 Å². The van der Waals surface area contributed by atoms with Gasteiger partial charge in [-0.2, -0.15) is 0 Å². The molecule has 12 rings (SSSR count). The summed E-state index contributed by atoms with van der Waals surface area (Å²) in [6.45, 7) is 0. The maximum absolute atomic E-state index is 2.52. The molecule has 1 aromatic heterocycles. The Labute approximate surface area is 307 Å². The summed E-state index contributed by atoms with van der Waals surface area (Å²) in [6.07, 6.45) is 0. The van der Waals surface area contributed by atoms with Crippen molar-refractivity contribution in [2.45, 2.75) is 5.41 Å². The summed E-state index contributed by atoms with van der Waals surface area (Å²) in [5, 5.41) is 7.50. The third-order valence-corrected chi connectivity index (χ3v) is 11.9. The van der Waals surface area contributed by atoms with E-state index in [4.69, 9.17) is 0 Å². The molecule has 2 heterocycles. The summed E-state index contributed by atoms with van der Waals surface area (Å²) >= 11 is 0. The molecule has 246 valence electrons. The fraction of sp³-hybridized carbons (Fsp3) is 0.0196. The largest absolute Gasteiger partial charge is 0.310 e. The zero-order valence-electron chi connectivity index (χ0n) is 28.9. The van der Waals surface area contributed by atoms with Crippen LogP contribution in [0, 0.1) is 0 Å². The van der Waals surface area contributed by atoms with Gasteiger partial charge in [0, 0.05) is 27.7 Å². The molecule has 1 unspecified atom stereocenters. The molecule has 10 aromatic rings. The van der Waals surface area contributed by atoms with Crippen LogP contribution in [-0.2, 0) is 5.41 Å². The van der Waals surface area contributed by atoms with E-state index in [2.05, 4.69) is 204 Å². The number of hydrogen-bond acceptors (Lipinski definition) is 1. The van der Waals surface area contributed by atoms with E-state index in [-0.39, 0.29) is 0 Å². The molecule has 1 aliphatic carbocycles. The molecule has 2 aliphatic rings. The standard InChI is InChI=1S/C51H32N2/c1-3-15-35-31-37(29-27-33(35)13-1)52(38-30-28-34-14-2-4-16-36(34)32-38)48-26-12-22-44-49(48)41-18-5-7-20-42(41)51(44)43-21-8-10-25-47(43)53-46-24-9-6-17-39(46)40-19-11-23-45(51)50(40)53/h1-32H. The van der Waals surface area contributed by atoms with E-state index < -0.39 is 5.41 Å². The van der Waals surface area contributed by atoms with Crippen molar-refractivity contribution in [2.24, 2.45) is 0 Å². The van der Waals surface area contributed by atoms with Crippen LogP contribution in [0.25, 0.3) is 60.2 Å². The van der Waals surface area contributed by atoms with E-state index in [0.717, 1.165) is 11.4 Å². The van der Waals surface area contributed by atoms with E-state index in [1.165, 1.54) is 88.1 Å². The van der Waals surface area contributed by atoms with Gasteiger partial charge in [0.25, 0.3) is 0 Å². The van der Waals surface area contributed by atoms with Gasteiger partial charge in [0.2, 0.25) is 0 Å². The summed E-state index contributed by atoms with van der Waals surface area (Å²) in [5.41, 5.74) is 14.6. The quantitative estimate of drug-likeness (QED) is 0.181. The topological polar surface area (TPSA) is 8.17 Å². The molecule has 0 saturated carbocycles. The van der Waals surface area contributed by atoms with Gasteiger partial charge in [-0.1, -0.05) is 152 Å². The van der Waals surface area contributed by atoms with E-state index >= 15 is 0 Å². The molecule has 2 nitrogen and oxygen atoms in total. The number of benzene rings is 9. The molecule has 1 spiro atoms. The van der Waals surface area contributed by atoms with Crippen LogP contribution in [0.15, 0.2) is 194 Å². The molecule has 9 aromatic carbocycles. The lowest BCUT2D eigenvalue weighted by atomic mass is 9.65. The molecular formula is C51H32N2. The van der Waals surface area contributed by atoms with Gasteiger partial charge in [-0.3, -0.25) is 0 Å². The number of anilines is 3. The number of nitrogens with zero attached hydrogens (tertiary/aromatic N) is 2. The highest BCUT2D eigenvalue weighted by atomic mass is 15.1. The number of rotatable bonds is 3. The Kier molecular flexibility index (Phi) is 5.73. The Morgan fingerprint density at radius 2 is 0.962 bits per heavy atom. The maximum Gasteiger partial charge on any atom is 0.0755 e. The monoisotopic (exact) mass is 672 g/mol. The summed E-state index contributed by atoms with van der Waals surface area (Å²) in [7, 11) is 0. The molecule has 0 amide bonds. The molecule has 0 saturated heterocycles. The molecule has 0 fully saturated rings. The minimum Gasteiger partial charge on any atom is -0.310 e. The van der Waals surface area contributed by atoms with Crippen LogP contribution < -0.4 is 4.90 Å². The molecule has 0 bridgehead atoms. The fourth-order valence-corrected chi connectivity index (χ4v) is 9.84. The van der Waals surface area contributed by atoms with Crippen LogP contribution in [0.4, 0.5) is 17.1 Å². The van der Waals surface area contributed by atoms with Gasteiger partial charge < -0.3 is 9.47 Å². The van der Waals surface area contributed by atoms with Crippen LogP contribution >= 0.6 is 0 Å². The van der Waals surface area contributed by atoms with Crippen LogP contribution in [0.2, 0.25) is 0 Å². The zero-order chi connectivity index (χ0) is 34.7. The third kappa shape index (κ3) is 3.72. The zero-order valence-corrected chi connectivity index (χ0v) is 28.9. The molecule has 1 aliphatic heterocycles. The molecule has 0 radical (unpaired) electrons. The Morgan fingerprint density at radius 3 is 1.74 bits per heavy atom. The summed E-state index contributed by atoms with van der Waals surface area (Å²) in [6, 6.07) is 72.2. The smallest absolute Gasteiger partial charge is 0.0755 e. The average Bonchev–Trinajstić information content (AvgIpc) is 3.72. The van der Waals surface area contributed by atoms with E-state index in [1.54, 1.807) is 0 Å². The van der Waals surface area contributed by atoms with Gasteiger partial charge in [-0.25, -0.2) is 0 Å². The lowest BCUT2D eigenvalue weighted by molar-refractivity contribution is 0.748. The predicted molar refractivity (Wildman–Crippen MR) is 221 cm³/mol. The van der Waals surface area contributed by atoms with E-state index in [1.807, 2.05) is 0 Å². The van der Waals surface area contributed by atoms with Crippen molar-refractivity contribution < 1.29 is 0 Å². The Morgan fingerprint density at radius 1 is 0.396 bits per heavy atom. The fourth-order valence-electron chi connectivity index (χ4n) is 9.84. The number of para-hydroxylation sites is 3. The molecule has 2 heteroatoms. The highest BCUT2D eigenvalue weighted by molar-refractivity contribution is 6.13. The van der Waals surface area contributed by atoms with Crippen molar-refractivity contribution in [1.29, 1.82) is 0 Å². The maximum atomic E-state index is 2.52. The lowest BCUT2D eigenvalue weighted by Gasteiger charge is -2.39. The second-order valence-corrected chi connectivity index (χ2v) is 14.5. The van der Waals surface area contributed by atoms with Gasteiger partial charge >= 0.3 is 0 Å². The highest BCUT2D eigenvalue weighted by Crippen LogP contribution is 2.63. The minimum atomic E-state index is -0.513. The van der Waals surface area contributed by atoms with Crippen molar-refractivity contribution in [3.8, 4) is 16.8 Å². The first kappa shape index (κ1) is 28.8. The predicted octanol–water partition coefficient (Wildman–Crippen LogP) is 13.2. The van der Waals surface area contributed by atoms with E-state index in [9.17, 15) is 0 Å². The van der Waals surface area contributed by atoms with Gasteiger partial charge in [0.1, 0.15) is 0 Å². The third-order valence-electron chi connectivity index (χ3n) is 11.9. The Hall–Kier alpha value is -6.90. The van der Waals surface area contributed by atoms with Crippen molar-refractivity contribution in [2.75, 3.05) is 4.90 Å². The SMILES string of the molecule is c1ccc2c(c1)-c1c(N(c3ccc4ccccc4c3)c3ccc4ccccc4c3)cccc1C21c2ccccc2-n2c3ccccc3c3cccc1c32. The number of aromatic nitrogens is 1. The van der Waals surface area contributed by atoms with Gasteiger partial charge in [0.05, 0.1) is 27.8 Å². The van der Waals surface area contributed by atoms with Gasteiger partial charge in [0.15, 0.2) is 0 Å². The van der Waals surface area contributed by atoms with Crippen LogP contribution in [0.5, 0.6) is 0 Å². The number of fused-ring (bicyclic) bond motifs is 14. The van der Waals surface area contributed by atoms with Crippen LogP contribution in [0.1, 0.15) is 22.3 Å².